The first kappa shape index (κ1) is 18.4. The van der Waals surface area contributed by atoms with Crippen molar-refractivity contribution >= 4 is 29.2 Å². The molecule has 7 heteroatoms. The number of nitrogens with one attached hydrogen (secondary N) is 1. The average molecular weight is 368 g/mol. The van der Waals surface area contributed by atoms with Gasteiger partial charge in [-0.25, -0.2) is 4.79 Å². The van der Waals surface area contributed by atoms with Crippen LogP contribution in [-0.4, -0.2) is 38.5 Å². The lowest BCUT2D eigenvalue weighted by molar-refractivity contribution is -0.122. The lowest BCUT2D eigenvalue weighted by Gasteiger charge is -2.19. The number of rotatable bonds is 5. The number of hydrogen-bond acceptors (Lipinski definition) is 5. The number of carbonyl (C=O) groups is 3. The Morgan fingerprint density at radius 2 is 1.78 bits per heavy atom. The van der Waals surface area contributed by atoms with Gasteiger partial charge in [-0.1, -0.05) is 12.1 Å². The van der Waals surface area contributed by atoms with Crippen LogP contribution in [0.15, 0.2) is 48.5 Å². The highest BCUT2D eigenvalue weighted by atomic mass is 16.5. The van der Waals surface area contributed by atoms with Gasteiger partial charge in [0, 0.05) is 18.7 Å². The van der Waals surface area contributed by atoms with Gasteiger partial charge < -0.3 is 19.7 Å². The molecule has 0 aliphatic carbocycles. The minimum absolute atomic E-state index is 0.0808. The number of amides is 2. The van der Waals surface area contributed by atoms with E-state index in [0.717, 1.165) is 0 Å². The maximum atomic E-state index is 12.6. The zero-order valence-corrected chi connectivity index (χ0v) is 15.1. The van der Waals surface area contributed by atoms with Crippen molar-refractivity contribution in [1.82, 2.24) is 0 Å². The lowest BCUT2D eigenvalue weighted by atomic mass is 10.1. The van der Waals surface area contributed by atoms with Crippen molar-refractivity contribution in [2.45, 2.75) is 6.42 Å². The van der Waals surface area contributed by atoms with Crippen LogP contribution in [-0.2, 0) is 14.3 Å². The fraction of sp³-hybridized carbons (Fsp3) is 0.250. The maximum Gasteiger partial charge on any atom is 0.339 e. The molecule has 2 aromatic carbocycles. The molecule has 7 nitrogen and oxygen atoms in total. The molecule has 2 amide bonds. The van der Waals surface area contributed by atoms with E-state index >= 15 is 0 Å². The highest BCUT2D eigenvalue weighted by molar-refractivity contribution is 6.07. The van der Waals surface area contributed by atoms with Gasteiger partial charge >= 0.3 is 5.97 Å². The van der Waals surface area contributed by atoms with Crippen molar-refractivity contribution in [3.8, 4) is 5.75 Å². The van der Waals surface area contributed by atoms with E-state index in [9.17, 15) is 14.4 Å². The molecule has 1 saturated heterocycles. The number of ether oxygens (including phenoxy) is 2. The molecule has 140 valence electrons. The van der Waals surface area contributed by atoms with Crippen molar-refractivity contribution in [1.29, 1.82) is 0 Å². The van der Waals surface area contributed by atoms with Gasteiger partial charge in [0.2, 0.25) is 11.8 Å². The summed E-state index contributed by atoms with van der Waals surface area (Å²) in [4.78, 5) is 38.4. The molecule has 1 heterocycles. The topological polar surface area (TPSA) is 84.9 Å². The summed E-state index contributed by atoms with van der Waals surface area (Å²) in [6, 6.07) is 13.7. The summed E-state index contributed by atoms with van der Waals surface area (Å²) in [7, 11) is 2.86. The monoisotopic (exact) mass is 368 g/mol. The first-order valence-electron chi connectivity index (χ1n) is 8.46. The number of nitrogens with zero attached hydrogens (tertiary/aromatic N) is 1. The van der Waals surface area contributed by atoms with Gasteiger partial charge in [-0.15, -0.1) is 0 Å². The van der Waals surface area contributed by atoms with Gasteiger partial charge in [0.25, 0.3) is 0 Å². The number of benzene rings is 2. The van der Waals surface area contributed by atoms with Crippen molar-refractivity contribution in [3.05, 3.63) is 54.1 Å². The smallest absolute Gasteiger partial charge is 0.339 e. The molecule has 1 N–H and O–H groups in total. The Bertz CT molecular complexity index is 863. The molecule has 1 aliphatic heterocycles. The van der Waals surface area contributed by atoms with Crippen LogP contribution in [0, 0.1) is 5.92 Å². The van der Waals surface area contributed by atoms with E-state index in [1.807, 2.05) is 0 Å². The molecule has 2 aromatic rings. The fourth-order valence-corrected chi connectivity index (χ4v) is 3.03. The minimum atomic E-state index is -0.524. The Kier molecular flexibility index (Phi) is 5.40. The number of methoxy groups -OCH3 is 2. The van der Waals surface area contributed by atoms with Gasteiger partial charge in [0.05, 0.1) is 31.4 Å². The minimum Gasteiger partial charge on any atom is -0.497 e. The molecule has 0 bridgehead atoms. The van der Waals surface area contributed by atoms with Crippen LogP contribution in [0.2, 0.25) is 0 Å². The third kappa shape index (κ3) is 3.92. The normalized spacial score (nSPS) is 16.1. The Balaban J connectivity index is 1.73. The predicted molar refractivity (Wildman–Crippen MR) is 99.9 cm³/mol. The van der Waals surface area contributed by atoms with Crippen LogP contribution in [0.4, 0.5) is 11.4 Å². The van der Waals surface area contributed by atoms with E-state index in [2.05, 4.69) is 5.32 Å². The first-order valence-corrected chi connectivity index (χ1v) is 8.46. The second kappa shape index (κ2) is 7.90. The third-order valence-corrected chi connectivity index (χ3v) is 4.45. The largest absolute Gasteiger partial charge is 0.497 e. The van der Waals surface area contributed by atoms with Crippen molar-refractivity contribution < 1.29 is 23.9 Å². The molecule has 27 heavy (non-hydrogen) atoms. The maximum absolute atomic E-state index is 12.6. The van der Waals surface area contributed by atoms with Crippen LogP contribution in [0.3, 0.4) is 0 Å². The van der Waals surface area contributed by atoms with Crippen molar-refractivity contribution in [2.24, 2.45) is 5.92 Å². The fourth-order valence-electron chi connectivity index (χ4n) is 3.03. The number of hydrogen-bond donors (Lipinski definition) is 1. The second-order valence-corrected chi connectivity index (χ2v) is 6.13. The molecule has 0 saturated carbocycles. The van der Waals surface area contributed by atoms with Crippen LogP contribution in [0.25, 0.3) is 0 Å². The molecular formula is C20H20N2O5. The standard InChI is InChI=1S/C20H20N2O5/c1-26-15-9-7-14(8-10-15)21-19(24)13-11-18(23)22(12-13)17-6-4-3-5-16(17)20(25)27-2/h3-10,13H,11-12H2,1-2H3,(H,21,24). The van der Waals surface area contributed by atoms with E-state index in [1.54, 1.807) is 55.6 Å². The Morgan fingerprint density at radius 3 is 2.44 bits per heavy atom. The lowest BCUT2D eigenvalue weighted by Crippen LogP contribution is -2.29. The quantitative estimate of drug-likeness (QED) is 0.820. The van der Waals surface area contributed by atoms with E-state index < -0.39 is 11.9 Å². The number of anilines is 2. The van der Waals surface area contributed by atoms with E-state index in [0.29, 0.717) is 22.7 Å². The predicted octanol–water partition coefficient (Wildman–Crippen LogP) is 2.47. The Morgan fingerprint density at radius 1 is 1.07 bits per heavy atom. The number of carbonyl (C=O) groups excluding carboxylic acids is 3. The molecular weight excluding hydrogens is 348 g/mol. The molecule has 0 aromatic heterocycles. The Labute approximate surface area is 156 Å². The van der Waals surface area contributed by atoms with Crippen LogP contribution < -0.4 is 15.0 Å². The van der Waals surface area contributed by atoms with Crippen LogP contribution in [0.1, 0.15) is 16.8 Å². The van der Waals surface area contributed by atoms with E-state index in [1.165, 1.54) is 12.0 Å². The molecule has 0 radical (unpaired) electrons. The zero-order valence-electron chi connectivity index (χ0n) is 15.1. The molecule has 3 rings (SSSR count). The number of para-hydroxylation sites is 1. The summed E-state index contributed by atoms with van der Waals surface area (Å²) in [5.41, 5.74) is 1.38. The summed E-state index contributed by atoms with van der Waals surface area (Å²) in [5, 5.41) is 2.81. The summed E-state index contributed by atoms with van der Waals surface area (Å²) in [5.74, 6) is -0.794. The summed E-state index contributed by atoms with van der Waals surface area (Å²) in [6.45, 7) is 0.203. The Hall–Kier alpha value is -3.35. The van der Waals surface area contributed by atoms with Gasteiger partial charge in [-0.05, 0) is 36.4 Å². The highest BCUT2D eigenvalue weighted by Gasteiger charge is 2.36. The van der Waals surface area contributed by atoms with Crippen LogP contribution in [0.5, 0.6) is 5.75 Å². The molecule has 1 fully saturated rings. The van der Waals surface area contributed by atoms with Crippen LogP contribution >= 0.6 is 0 Å². The van der Waals surface area contributed by atoms with Gasteiger partial charge in [0.15, 0.2) is 0 Å². The van der Waals surface area contributed by atoms with E-state index in [-0.39, 0.29) is 24.8 Å². The molecule has 0 spiro atoms. The summed E-state index contributed by atoms with van der Waals surface area (Å²) < 4.78 is 9.87. The van der Waals surface area contributed by atoms with Gasteiger partial charge in [-0.2, -0.15) is 0 Å². The molecule has 1 aliphatic rings. The summed E-state index contributed by atoms with van der Waals surface area (Å²) in [6.07, 6.45) is 0.0808. The van der Waals surface area contributed by atoms with Crippen molar-refractivity contribution in [3.63, 3.8) is 0 Å². The van der Waals surface area contributed by atoms with Gasteiger partial charge in [0.1, 0.15) is 5.75 Å². The average Bonchev–Trinajstić information content (AvgIpc) is 3.09. The number of esters is 1. The van der Waals surface area contributed by atoms with E-state index in [4.69, 9.17) is 9.47 Å². The first-order chi connectivity index (χ1) is 13.0. The third-order valence-electron chi connectivity index (χ3n) is 4.45. The van der Waals surface area contributed by atoms with Crippen molar-refractivity contribution in [2.75, 3.05) is 31.0 Å². The molecule has 1 unspecified atom stereocenters. The second-order valence-electron chi connectivity index (χ2n) is 6.13. The molecule has 1 atom stereocenters. The summed E-state index contributed by atoms with van der Waals surface area (Å²) >= 11 is 0. The van der Waals surface area contributed by atoms with Gasteiger partial charge in [-0.3, -0.25) is 9.59 Å². The zero-order chi connectivity index (χ0) is 19.4. The SMILES string of the molecule is COC(=O)c1ccccc1N1CC(C(=O)Nc2ccc(OC)cc2)CC1=O. The highest BCUT2D eigenvalue weighted by Crippen LogP contribution is 2.29.